The highest BCUT2D eigenvalue weighted by Gasteiger charge is 2.22. The zero-order valence-corrected chi connectivity index (χ0v) is 15.0. The van der Waals surface area contributed by atoms with Crippen LogP contribution in [0.5, 0.6) is 5.75 Å². The topological polar surface area (TPSA) is 131 Å². The molecule has 142 valence electrons. The predicted octanol–water partition coefficient (Wildman–Crippen LogP) is 0.216. The van der Waals surface area contributed by atoms with Crippen molar-refractivity contribution in [2.24, 2.45) is 0 Å². The third-order valence-corrected chi connectivity index (χ3v) is 4.80. The van der Waals surface area contributed by atoms with Crippen LogP contribution in [-0.2, 0) is 4.79 Å². The minimum absolute atomic E-state index is 0.0181. The molecule has 0 aliphatic carbocycles. The van der Waals surface area contributed by atoms with Crippen molar-refractivity contribution < 1.29 is 19.6 Å². The molecule has 0 spiro atoms. The Hall–Kier alpha value is -3.17. The molecule has 0 radical (unpaired) electrons. The highest BCUT2D eigenvalue weighted by atomic mass is 16.5. The molecule has 1 atom stereocenters. The number of rotatable bonds is 4. The Kier molecular flexibility index (Phi) is 4.85. The summed E-state index contributed by atoms with van der Waals surface area (Å²) in [6.07, 6.45) is 2.38. The molecule has 3 aromatic rings. The minimum Gasteiger partial charge on any atom is -0.488 e. The van der Waals surface area contributed by atoms with Crippen LogP contribution in [0.15, 0.2) is 42.6 Å². The summed E-state index contributed by atoms with van der Waals surface area (Å²) in [6, 6.07) is 10.5. The van der Waals surface area contributed by atoms with E-state index in [4.69, 9.17) is 10.5 Å². The van der Waals surface area contributed by atoms with Crippen molar-refractivity contribution in [1.82, 2.24) is 15.5 Å². The number of hydrogen-bond donors (Lipinski definition) is 4. The standard InChI is InChI=1S/C19H19BN4O4/c21-16-10-23-24-17-7-11(1-4-14(16)17)15-8-12(20(26)27)2-5-18(15)28-13-3-6-19(25)22-9-13/h1-2,4-5,7-8,10,13,26-27H,3,6,9H2,(H2,21,24)(H,22,25). The van der Waals surface area contributed by atoms with Gasteiger partial charge in [0, 0.05) is 17.4 Å². The van der Waals surface area contributed by atoms with Gasteiger partial charge in [0.05, 0.1) is 23.9 Å². The van der Waals surface area contributed by atoms with Gasteiger partial charge < -0.3 is 25.8 Å². The zero-order valence-electron chi connectivity index (χ0n) is 15.0. The van der Waals surface area contributed by atoms with E-state index < -0.39 is 7.12 Å². The van der Waals surface area contributed by atoms with Gasteiger partial charge in [-0.05, 0) is 35.6 Å². The number of carbonyl (C=O) groups is 1. The van der Waals surface area contributed by atoms with E-state index in [1.54, 1.807) is 18.2 Å². The SMILES string of the molecule is Nc1cnnc2cc(-c3cc(B(O)O)ccc3OC3CCC(=O)NC3)ccc12. The predicted molar refractivity (Wildman–Crippen MR) is 106 cm³/mol. The summed E-state index contributed by atoms with van der Waals surface area (Å²) in [5.74, 6) is 0.603. The van der Waals surface area contributed by atoms with E-state index in [9.17, 15) is 14.8 Å². The molecule has 0 saturated carbocycles. The first-order chi connectivity index (χ1) is 13.5. The Labute approximate surface area is 161 Å². The third kappa shape index (κ3) is 3.62. The van der Waals surface area contributed by atoms with Gasteiger partial charge >= 0.3 is 7.12 Å². The number of nitrogens with zero attached hydrogens (tertiary/aromatic N) is 2. The van der Waals surface area contributed by atoms with E-state index in [0.717, 1.165) is 10.9 Å². The molecule has 5 N–H and O–H groups in total. The number of nitrogens with two attached hydrogens (primary N) is 1. The largest absolute Gasteiger partial charge is 0.488 e. The molecule has 2 aromatic carbocycles. The second-order valence-electron chi connectivity index (χ2n) is 6.74. The molecule has 4 rings (SSSR count). The van der Waals surface area contributed by atoms with Crippen molar-refractivity contribution in [2.75, 3.05) is 12.3 Å². The van der Waals surface area contributed by atoms with E-state index in [-0.39, 0.29) is 12.0 Å². The summed E-state index contributed by atoms with van der Waals surface area (Å²) in [5, 5.41) is 30.7. The first-order valence-electron chi connectivity index (χ1n) is 8.96. The Balaban J connectivity index is 1.75. The number of anilines is 1. The molecule has 1 amide bonds. The van der Waals surface area contributed by atoms with Crippen molar-refractivity contribution >= 4 is 35.1 Å². The second-order valence-corrected chi connectivity index (χ2v) is 6.74. The number of piperidine rings is 1. The van der Waals surface area contributed by atoms with E-state index in [0.29, 0.717) is 47.4 Å². The summed E-state index contributed by atoms with van der Waals surface area (Å²) in [5.41, 5.74) is 8.92. The van der Waals surface area contributed by atoms with Crippen LogP contribution in [-0.4, -0.2) is 45.9 Å². The molecule has 1 aliphatic rings. The second kappa shape index (κ2) is 7.45. The molecule has 1 saturated heterocycles. The van der Waals surface area contributed by atoms with E-state index in [1.165, 1.54) is 6.20 Å². The number of amides is 1. The van der Waals surface area contributed by atoms with Crippen LogP contribution >= 0.6 is 0 Å². The van der Waals surface area contributed by atoms with Crippen LogP contribution < -0.4 is 21.3 Å². The summed E-state index contributed by atoms with van der Waals surface area (Å²) >= 11 is 0. The number of carbonyl (C=O) groups excluding carboxylic acids is 1. The van der Waals surface area contributed by atoms with Crippen LogP contribution in [0.4, 0.5) is 5.69 Å². The molecule has 1 unspecified atom stereocenters. The molecule has 1 aliphatic heterocycles. The maximum atomic E-state index is 11.4. The Morgan fingerprint density at radius 2 is 2.07 bits per heavy atom. The fourth-order valence-electron chi connectivity index (χ4n) is 3.28. The lowest BCUT2D eigenvalue weighted by Crippen LogP contribution is -2.41. The van der Waals surface area contributed by atoms with Gasteiger partial charge in [-0.2, -0.15) is 10.2 Å². The van der Waals surface area contributed by atoms with E-state index in [1.807, 2.05) is 18.2 Å². The van der Waals surface area contributed by atoms with Gasteiger partial charge in [0.2, 0.25) is 5.91 Å². The van der Waals surface area contributed by atoms with Crippen molar-refractivity contribution in [3.63, 3.8) is 0 Å². The monoisotopic (exact) mass is 378 g/mol. The van der Waals surface area contributed by atoms with Crippen LogP contribution in [0.3, 0.4) is 0 Å². The molecule has 1 fully saturated rings. The highest BCUT2D eigenvalue weighted by Crippen LogP contribution is 2.33. The van der Waals surface area contributed by atoms with Crippen molar-refractivity contribution in [1.29, 1.82) is 0 Å². The van der Waals surface area contributed by atoms with Crippen molar-refractivity contribution in [3.05, 3.63) is 42.6 Å². The Morgan fingerprint density at radius 1 is 1.21 bits per heavy atom. The summed E-state index contributed by atoms with van der Waals surface area (Å²) in [7, 11) is -1.60. The highest BCUT2D eigenvalue weighted by molar-refractivity contribution is 6.58. The van der Waals surface area contributed by atoms with Crippen molar-refractivity contribution in [3.8, 4) is 16.9 Å². The molecule has 28 heavy (non-hydrogen) atoms. The molecule has 9 heteroatoms. The Morgan fingerprint density at radius 3 is 2.82 bits per heavy atom. The summed E-state index contributed by atoms with van der Waals surface area (Å²) in [6.45, 7) is 0.433. The lowest BCUT2D eigenvalue weighted by molar-refractivity contribution is -0.123. The maximum absolute atomic E-state index is 11.4. The van der Waals surface area contributed by atoms with Crippen LogP contribution in [0, 0.1) is 0 Å². The maximum Gasteiger partial charge on any atom is 0.488 e. The van der Waals surface area contributed by atoms with Gasteiger partial charge in [0.1, 0.15) is 11.9 Å². The van der Waals surface area contributed by atoms with Gasteiger partial charge in [0.15, 0.2) is 0 Å². The number of benzene rings is 2. The number of nitrogens with one attached hydrogen (secondary N) is 1. The average Bonchev–Trinajstić information content (AvgIpc) is 2.70. The van der Waals surface area contributed by atoms with Crippen LogP contribution in [0.2, 0.25) is 0 Å². The number of fused-ring (bicyclic) bond motifs is 1. The quantitative estimate of drug-likeness (QED) is 0.478. The van der Waals surface area contributed by atoms with Crippen LogP contribution in [0.1, 0.15) is 12.8 Å². The van der Waals surface area contributed by atoms with Gasteiger partial charge in [-0.25, -0.2) is 0 Å². The third-order valence-electron chi connectivity index (χ3n) is 4.80. The zero-order chi connectivity index (χ0) is 19.7. The lowest BCUT2D eigenvalue weighted by Gasteiger charge is -2.25. The van der Waals surface area contributed by atoms with Gasteiger partial charge in [0.25, 0.3) is 0 Å². The molecule has 1 aromatic heterocycles. The van der Waals surface area contributed by atoms with E-state index in [2.05, 4.69) is 15.5 Å². The molecule has 2 heterocycles. The van der Waals surface area contributed by atoms with Gasteiger partial charge in [-0.15, -0.1) is 0 Å². The average molecular weight is 378 g/mol. The molecule has 0 bridgehead atoms. The summed E-state index contributed by atoms with van der Waals surface area (Å²) in [4.78, 5) is 11.4. The Bertz CT molecular complexity index is 1030. The summed E-state index contributed by atoms with van der Waals surface area (Å²) < 4.78 is 6.12. The smallest absolute Gasteiger partial charge is 0.488 e. The van der Waals surface area contributed by atoms with Gasteiger partial charge in [-0.1, -0.05) is 18.2 Å². The number of hydrogen-bond acceptors (Lipinski definition) is 7. The number of aromatic nitrogens is 2. The normalized spacial score (nSPS) is 16.6. The van der Waals surface area contributed by atoms with Crippen molar-refractivity contribution in [2.45, 2.75) is 18.9 Å². The number of nitrogen functional groups attached to an aromatic ring is 1. The lowest BCUT2D eigenvalue weighted by atomic mass is 9.79. The molecule has 8 nitrogen and oxygen atoms in total. The molecular formula is C19H19BN4O4. The first-order valence-corrected chi connectivity index (χ1v) is 8.96. The van der Waals surface area contributed by atoms with Gasteiger partial charge in [-0.3, -0.25) is 4.79 Å². The van der Waals surface area contributed by atoms with E-state index >= 15 is 0 Å². The molecular weight excluding hydrogens is 359 g/mol. The first kappa shape index (κ1) is 18.2. The van der Waals surface area contributed by atoms with Crippen LogP contribution in [0.25, 0.3) is 22.0 Å². The fourth-order valence-corrected chi connectivity index (χ4v) is 3.28. The number of ether oxygens (including phenoxy) is 1. The fraction of sp³-hybridized carbons (Fsp3) is 0.211. The minimum atomic E-state index is -1.60.